The van der Waals surface area contributed by atoms with Gasteiger partial charge in [-0.3, -0.25) is 0 Å². The zero-order chi connectivity index (χ0) is 14.2. The van der Waals surface area contributed by atoms with Gasteiger partial charge in [-0.15, -0.1) is 0 Å². The normalized spacial score (nSPS) is 10.8. The minimum absolute atomic E-state index is 0.0946. The van der Waals surface area contributed by atoms with Gasteiger partial charge >= 0.3 is 0 Å². The summed E-state index contributed by atoms with van der Waals surface area (Å²) >= 11 is 5.96. The summed E-state index contributed by atoms with van der Waals surface area (Å²) in [7, 11) is 0. The van der Waals surface area contributed by atoms with Gasteiger partial charge in [-0.05, 0) is 37.1 Å². The van der Waals surface area contributed by atoms with Gasteiger partial charge < -0.3 is 0 Å². The summed E-state index contributed by atoms with van der Waals surface area (Å²) in [6.45, 7) is 3.76. The molecule has 2 aromatic rings. The molecule has 0 bridgehead atoms. The molecular formula is C13H10ClF2N3. The summed E-state index contributed by atoms with van der Waals surface area (Å²) in [5.74, 6) is 0. The average Bonchev–Trinajstić information content (AvgIpc) is 2.65. The smallest absolute Gasteiger partial charge is 0.220 e. The maximum absolute atomic E-state index is 12.8. The molecule has 0 fully saturated rings. The molecule has 0 aliphatic heterocycles. The van der Waals surface area contributed by atoms with Crippen molar-refractivity contribution in [3.8, 4) is 11.8 Å². The first-order valence-corrected chi connectivity index (χ1v) is 5.87. The second-order valence-corrected chi connectivity index (χ2v) is 4.58. The van der Waals surface area contributed by atoms with E-state index in [0.29, 0.717) is 5.69 Å². The van der Waals surface area contributed by atoms with Crippen LogP contribution in [0, 0.1) is 25.2 Å². The van der Waals surface area contributed by atoms with Crippen molar-refractivity contribution in [2.45, 2.75) is 20.3 Å². The Morgan fingerprint density at radius 2 is 1.84 bits per heavy atom. The molecule has 2 rings (SSSR count). The molecule has 1 aromatic heterocycles. The van der Waals surface area contributed by atoms with Gasteiger partial charge in [0.15, 0.2) is 5.15 Å². The van der Waals surface area contributed by atoms with E-state index in [9.17, 15) is 8.78 Å². The molecule has 0 radical (unpaired) electrons. The van der Waals surface area contributed by atoms with Gasteiger partial charge in [0.05, 0.1) is 5.69 Å². The van der Waals surface area contributed by atoms with Gasteiger partial charge in [0, 0.05) is 0 Å². The Morgan fingerprint density at radius 3 is 2.26 bits per heavy atom. The predicted octanol–water partition coefficient (Wildman–Crippen LogP) is 3.95. The summed E-state index contributed by atoms with van der Waals surface area (Å²) in [6.07, 6.45) is -2.83. The highest BCUT2D eigenvalue weighted by Gasteiger charge is 2.23. The van der Waals surface area contributed by atoms with Gasteiger partial charge in [0.2, 0.25) is 0 Å². The lowest BCUT2D eigenvalue weighted by atomic mass is 10.1. The molecule has 98 valence electrons. The molecule has 0 amide bonds. The number of alkyl halides is 2. The SMILES string of the molecule is Cc1cc(C)cc(-n2nc(C(F)F)c(C#N)c2Cl)c1. The maximum atomic E-state index is 12.8. The molecule has 0 saturated heterocycles. The molecule has 6 heteroatoms. The zero-order valence-corrected chi connectivity index (χ0v) is 11.0. The van der Waals surface area contributed by atoms with Crippen molar-refractivity contribution < 1.29 is 8.78 Å². The summed E-state index contributed by atoms with van der Waals surface area (Å²) in [6, 6.07) is 7.15. The maximum Gasteiger partial charge on any atom is 0.283 e. The Morgan fingerprint density at radius 1 is 1.26 bits per heavy atom. The summed E-state index contributed by atoms with van der Waals surface area (Å²) in [4.78, 5) is 0. The van der Waals surface area contributed by atoms with E-state index in [1.807, 2.05) is 19.9 Å². The first kappa shape index (κ1) is 13.5. The van der Waals surface area contributed by atoms with E-state index in [1.54, 1.807) is 18.2 Å². The van der Waals surface area contributed by atoms with Crippen molar-refractivity contribution in [2.75, 3.05) is 0 Å². The fraction of sp³-hybridized carbons (Fsp3) is 0.231. The number of hydrogen-bond donors (Lipinski definition) is 0. The topological polar surface area (TPSA) is 41.6 Å². The minimum atomic E-state index is -2.83. The number of aromatic nitrogens is 2. The fourth-order valence-electron chi connectivity index (χ4n) is 1.91. The van der Waals surface area contributed by atoms with E-state index in [4.69, 9.17) is 16.9 Å². The molecule has 3 nitrogen and oxygen atoms in total. The molecule has 1 heterocycles. The summed E-state index contributed by atoms with van der Waals surface area (Å²) < 4.78 is 26.8. The quantitative estimate of drug-likeness (QED) is 0.836. The molecule has 0 N–H and O–H groups in total. The molecule has 0 unspecified atom stereocenters. The van der Waals surface area contributed by atoms with Crippen molar-refractivity contribution in [1.29, 1.82) is 5.26 Å². The molecular weight excluding hydrogens is 272 g/mol. The van der Waals surface area contributed by atoms with Crippen LogP contribution in [0.25, 0.3) is 5.69 Å². The highest BCUT2D eigenvalue weighted by atomic mass is 35.5. The number of benzene rings is 1. The van der Waals surface area contributed by atoms with Crippen molar-refractivity contribution in [2.24, 2.45) is 0 Å². The van der Waals surface area contributed by atoms with Gasteiger partial charge in [-0.1, -0.05) is 17.7 Å². The Hall–Kier alpha value is -1.93. The second-order valence-electron chi connectivity index (χ2n) is 4.22. The minimum Gasteiger partial charge on any atom is -0.220 e. The monoisotopic (exact) mass is 281 g/mol. The molecule has 0 atom stereocenters. The fourth-order valence-corrected chi connectivity index (χ4v) is 2.19. The molecule has 19 heavy (non-hydrogen) atoms. The van der Waals surface area contributed by atoms with E-state index in [-0.39, 0.29) is 10.7 Å². The lowest BCUT2D eigenvalue weighted by Crippen LogP contribution is -1.99. The van der Waals surface area contributed by atoms with Crippen molar-refractivity contribution in [1.82, 2.24) is 9.78 Å². The molecule has 0 aliphatic carbocycles. The van der Waals surface area contributed by atoms with Crippen molar-refractivity contribution >= 4 is 11.6 Å². The van der Waals surface area contributed by atoms with E-state index in [0.717, 1.165) is 11.1 Å². The van der Waals surface area contributed by atoms with Crippen LogP contribution in [0.1, 0.15) is 28.8 Å². The van der Waals surface area contributed by atoms with Crippen LogP contribution in [-0.2, 0) is 0 Å². The van der Waals surface area contributed by atoms with Gasteiger partial charge in [0.1, 0.15) is 17.3 Å². The van der Waals surface area contributed by atoms with Gasteiger partial charge in [-0.25, -0.2) is 13.5 Å². The summed E-state index contributed by atoms with van der Waals surface area (Å²) in [5, 5.41) is 12.5. The third kappa shape index (κ3) is 2.45. The first-order chi connectivity index (χ1) is 8.93. The Labute approximate surface area is 114 Å². The summed E-state index contributed by atoms with van der Waals surface area (Å²) in [5.41, 5.74) is 1.60. The van der Waals surface area contributed by atoms with Crippen LogP contribution >= 0.6 is 11.6 Å². The van der Waals surface area contributed by atoms with Crippen LogP contribution in [0.2, 0.25) is 5.15 Å². The molecule has 0 saturated carbocycles. The number of rotatable bonds is 2. The Bertz CT molecular complexity index is 651. The number of nitrogens with zero attached hydrogens (tertiary/aromatic N) is 3. The van der Waals surface area contributed by atoms with Crippen LogP contribution in [-0.4, -0.2) is 9.78 Å². The standard InChI is InChI=1S/C13H10ClF2N3/c1-7-3-8(2)5-9(4-7)19-12(14)10(6-17)11(18-19)13(15)16/h3-5,13H,1-2H3. The van der Waals surface area contributed by atoms with E-state index >= 15 is 0 Å². The van der Waals surface area contributed by atoms with Crippen LogP contribution in [0.5, 0.6) is 0 Å². The largest absolute Gasteiger partial charge is 0.283 e. The molecule has 0 aliphatic rings. The average molecular weight is 282 g/mol. The predicted molar refractivity (Wildman–Crippen MR) is 67.7 cm³/mol. The Balaban J connectivity index is 2.67. The van der Waals surface area contributed by atoms with Crippen LogP contribution in [0.3, 0.4) is 0 Å². The number of aryl methyl sites for hydroxylation is 2. The second kappa shape index (κ2) is 4.98. The number of halogens is 3. The van der Waals surface area contributed by atoms with E-state index in [1.165, 1.54) is 4.68 Å². The lowest BCUT2D eigenvalue weighted by Gasteiger charge is -2.06. The van der Waals surface area contributed by atoms with Gasteiger partial charge in [0.25, 0.3) is 6.43 Å². The number of hydrogen-bond acceptors (Lipinski definition) is 2. The van der Waals surface area contributed by atoms with Crippen LogP contribution < -0.4 is 0 Å². The first-order valence-electron chi connectivity index (χ1n) is 5.49. The van der Waals surface area contributed by atoms with E-state index in [2.05, 4.69) is 5.10 Å². The third-order valence-corrected chi connectivity index (χ3v) is 2.97. The van der Waals surface area contributed by atoms with Crippen LogP contribution in [0.15, 0.2) is 18.2 Å². The zero-order valence-electron chi connectivity index (χ0n) is 10.3. The lowest BCUT2D eigenvalue weighted by molar-refractivity contribution is 0.145. The van der Waals surface area contributed by atoms with Crippen LogP contribution in [0.4, 0.5) is 8.78 Å². The van der Waals surface area contributed by atoms with Crippen molar-refractivity contribution in [3.63, 3.8) is 0 Å². The van der Waals surface area contributed by atoms with Gasteiger partial charge in [-0.2, -0.15) is 10.4 Å². The van der Waals surface area contributed by atoms with E-state index < -0.39 is 12.1 Å². The molecule has 1 aromatic carbocycles. The molecule has 0 spiro atoms. The third-order valence-electron chi connectivity index (χ3n) is 2.63. The highest BCUT2D eigenvalue weighted by Crippen LogP contribution is 2.29. The number of nitriles is 1. The highest BCUT2D eigenvalue weighted by molar-refractivity contribution is 6.31. The Kier molecular flexibility index (Phi) is 3.54. The van der Waals surface area contributed by atoms with Crippen molar-refractivity contribution in [3.05, 3.63) is 45.7 Å².